The van der Waals surface area contributed by atoms with Crippen LogP contribution in [0.25, 0.3) is 0 Å². The van der Waals surface area contributed by atoms with Gasteiger partial charge in [0.15, 0.2) is 0 Å². The number of amides is 1. The Morgan fingerprint density at radius 2 is 2.05 bits per heavy atom. The molecule has 1 unspecified atom stereocenters. The topological polar surface area (TPSA) is 76.1 Å². The van der Waals surface area contributed by atoms with E-state index in [1.165, 1.54) is 0 Å². The number of hydrogen-bond acceptors (Lipinski definition) is 4. The van der Waals surface area contributed by atoms with Crippen molar-refractivity contribution in [3.63, 3.8) is 0 Å². The van der Waals surface area contributed by atoms with Crippen LogP contribution in [0, 0.1) is 11.8 Å². The maximum absolute atomic E-state index is 12.6. The van der Waals surface area contributed by atoms with Gasteiger partial charge in [0.05, 0.1) is 5.92 Å². The molecule has 0 aromatic rings. The fraction of sp³-hybridized carbons (Fsp3) is 0.867. The summed E-state index contributed by atoms with van der Waals surface area (Å²) in [4.78, 5) is 25.3. The van der Waals surface area contributed by atoms with E-state index in [1.807, 2.05) is 6.92 Å². The Hall–Kier alpha value is -1.14. The molecule has 1 rings (SSSR count). The Labute approximate surface area is 126 Å². The molecule has 21 heavy (non-hydrogen) atoms. The van der Waals surface area contributed by atoms with Gasteiger partial charge in [-0.25, -0.2) is 0 Å². The van der Waals surface area contributed by atoms with Gasteiger partial charge in [0.25, 0.3) is 0 Å². The molecular weight excluding hydrogens is 274 g/mol. The number of carbonyl (C=O) groups is 2. The third-order valence-electron chi connectivity index (χ3n) is 3.72. The summed E-state index contributed by atoms with van der Waals surface area (Å²) in [6.45, 7) is 6.84. The fourth-order valence-corrected chi connectivity index (χ4v) is 2.40. The first kappa shape index (κ1) is 17.9. The van der Waals surface area contributed by atoms with Crippen molar-refractivity contribution in [3.8, 4) is 0 Å². The van der Waals surface area contributed by atoms with Crippen molar-refractivity contribution in [1.82, 2.24) is 4.90 Å². The van der Waals surface area contributed by atoms with Gasteiger partial charge in [-0.3, -0.25) is 9.59 Å². The molecule has 1 saturated heterocycles. The van der Waals surface area contributed by atoms with Crippen LogP contribution in [0.15, 0.2) is 0 Å². The molecule has 0 aromatic carbocycles. The van der Waals surface area contributed by atoms with Gasteiger partial charge < -0.3 is 19.5 Å². The molecule has 1 N–H and O–H groups in total. The highest BCUT2D eigenvalue weighted by atomic mass is 16.5. The largest absolute Gasteiger partial charge is 0.481 e. The van der Waals surface area contributed by atoms with E-state index >= 15 is 0 Å². The van der Waals surface area contributed by atoms with Crippen molar-refractivity contribution in [2.75, 3.05) is 39.5 Å². The summed E-state index contributed by atoms with van der Waals surface area (Å²) in [5.41, 5.74) is 0. The van der Waals surface area contributed by atoms with Crippen LogP contribution in [0.5, 0.6) is 0 Å². The summed E-state index contributed by atoms with van der Waals surface area (Å²) in [5, 5.41) is 9.05. The summed E-state index contributed by atoms with van der Waals surface area (Å²) in [6.07, 6.45) is 2.18. The summed E-state index contributed by atoms with van der Waals surface area (Å²) in [6, 6.07) is 0. The van der Waals surface area contributed by atoms with Gasteiger partial charge in [-0.15, -0.1) is 0 Å². The van der Waals surface area contributed by atoms with E-state index in [9.17, 15) is 9.59 Å². The molecule has 1 atom stereocenters. The molecule has 0 saturated carbocycles. The smallest absolute Gasteiger partial charge is 0.308 e. The Morgan fingerprint density at radius 3 is 2.62 bits per heavy atom. The van der Waals surface area contributed by atoms with E-state index in [2.05, 4.69) is 0 Å². The van der Waals surface area contributed by atoms with E-state index in [0.29, 0.717) is 33.0 Å². The second kappa shape index (κ2) is 9.73. The number of aliphatic carboxylic acids is 1. The standard InChI is InChI=1S/C15H27NO5/c1-3-20-8-4-7-16(11-12(2)15(18)19)14(17)13-5-9-21-10-6-13/h12-13H,3-11H2,1-2H3,(H,18,19). The molecule has 0 aliphatic carbocycles. The first-order valence-electron chi connectivity index (χ1n) is 7.73. The van der Waals surface area contributed by atoms with E-state index in [4.69, 9.17) is 14.6 Å². The molecule has 6 heteroatoms. The van der Waals surface area contributed by atoms with E-state index in [1.54, 1.807) is 11.8 Å². The zero-order chi connectivity index (χ0) is 15.7. The van der Waals surface area contributed by atoms with Crippen LogP contribution < -0.4 is 0 Å². The number of nitrogens with zero attached hydrogens (tertiary/aromatic N) is 1. The van der Waals surface area contributed by atoms with E-state index < -0.39 is 11.9 Å². The second-order valence-corrected chi connectivity index (χ2v) is 5.46. The molecule has 122 valence electrons. The number of rotatable bonds is 9. The Balaban J connectivity index is 2.55. The molecular formula is C15H27NO5. The fourth-order valence-electron chi connectivity index (χ4n) is 2.40. The minimum atomic E-state index is -0.871. The molecule has 1 aliphatic rings. The molecule has 1 aliphatic heterocycles. The van der Waals surface area contributed by atoms with Crippen LogP contribution in [0.3, 0.4) is 0 Å². The van der Waals surface area contributed by atoms with Crippen molar-refractivity contribution in [1.29, 1.82) is 0 Å². The van der Waals surface area contributed by atoms with E-state index in [-0.39, 0.29) is 18.4 Å². The Morgan fingerprint density at radius 1 is 1.38 bits per heavy atom. The van der Waals surface area contributed by atoms with Gasteiger partial charge >= 0.3 is 5.97 Å². The number of carbonyl (C=O) groups excluding carboxylic acids is 1. The van der Waals surface area contributed by atoms with Gasteiger partial charge in [0.1, 0.15) is 0 Å². The molecule has 0 bridgehead atoms. The summed E-state index contributed by atoms with van der Waals surface area (Å²) >= 11 is 0. The second-order valence-electron chi connectivity index (χ2n) is 5.46. The van der Waals surface area contributed by atoms with Crippen LogP contribution in [0.4, 0.5) is 0 Å². The number of carboxylic acids is 1. The monoisotopic (exact) mass is 301 g/mol. The molecule has 6 nitrogen and oxygen atoms in total. The molecule has 1 amide bonds. The molecule has 0 spiro atoms. The first-order chi connectivity index (χ1) is 10.1. The lowest BCUT2D eigenvalue weighted by Gasteiger charge is -2.30. The molecule has 1 heterocycles. The lowest BCUT2D eigenvalue weighted by Crippen LogP contribution is -2.42. The van der Waals surface area contributed by atoms with E-state index in [0.717, 1.165) is 19.3 Å². The number of carboxylic acid groups (broad SMARTS) is 1. The average Bonchev–Trinajstić information content (AvgIpc) is 2.50. The predicted octanol–water partition coefficient (Wildman–Crippen LogP) is 1.39. The quantitative estimate of drug-likeness (QED) is 0.651. The Kier molecular flexibility index (Phi) is 8.30. The molecule has 0 radical (unpaired) electrons. The lowest BCUT2D eigenvalue weighted by molar-refractivity contribution is -0.145. The van der Waals surface area contributed by atoms with Crippen LogP contribution in [0.2, 0.25) is 0 Å². The third-order valence-corrected chi connectivity index (χ3v) is 3.72. The molecule has 0 aromatic heterocycles. The first-order valence-corrected chi connectivity index (χ1v) is 7.73. The Bertz CT molecular complexity index is 328. The summed E-state index contributed by atoms with van der Waals surface area (Å²) in [7, 11) is 0. The van der Waals surface area contributed by atoms with Crippen LogP contribution >= 0.6 is 0 Å². The third kappa shape index (κ3) is 6.44. The van der Waals surface area contributed by atoms with Gasteiger partial charge in [-0.1, -0.05) is 6.92 Å². The number of ether oxygens (including phenoxy) is 2. The van der Waals surface area contributed by atoms with Crippen molar-refractivity contribution >= 4 is 11.9 Å². The zero-order valence-electron chi connectivity index (χ0n) is 13.0. The van der Waals surface area contributed by atoms with Crippen molar-refractivity contribution in [2.24, 2.45) is 11.8 Å². The SMILES string of the molecule is CCOCCCN(CC(C)C(=O)O)C(=O)C1CCOCC1. The number of hydrogen-bond donors (Lipinski definition) is 1. The summed E-state index contributed by atoms with van der Waals surface area (Å²) in [5.74, 6) is -1.40. The van der Waals surface area contributed by atoms with Crippen molar-refractivity contribution in [3.05, 3.63) is 0 Å². The van der Waals surface area contributed by atoms with Gasteiger partial charge in [-0.2, -0.15) is 0 Å². The van der Waals surface area contributed by atoms with Crippen LogP contribution in [0.1, 0.15) is 33.1 Å². The molecule has 1 fully saturated rings. The van der Waals surface area contributed by atoms with Gasteiger partial charge in [0.2, 0.25) is 5.91 Å². The normalized spacial score (nSPS) is 17.4. The van der Waals surface area contributed by atoms with Crippen LogP contribution in [-0.2, 0) is 19.1 Å². The highest BCUT2D eigenvalue weighted by Crippen LogP contribution is 2.18. The zero-order valence-corrected chi connectivity index (χ0v) is 13.0. The van der Waals surface area contributed by atoms with Gasteiger partial charge in [-0.05, 0) is 26.2 Å². The highest BCUT2D eigenvalue weighted by molar-refractivity contribution is 5.79. The minimum Gasteiger partial charge on any atom is -0.481 e. The minimum absolute atomic E-state index is 0.0353. The van der Waals surface area contributed by atoms with Crippen LogP contribution in [-0.4, -0.2) is 61.4 Å². The lowest BCUT2D eigenvalue weighted by atomic mass is 9.98. The highest BCUT2D eigenvalue weighted by Gasteiger charge is 2.28. The summed E-state index contributed by atoms with van der Waals surface area (Å²) < 4.78 is 10.6. The average molecular weight is 301 g/mol. The van der Waals surface area contributed by atoms with Gasteiger partial charge in [0, 0.05) is 45.4 Å². The maximum Gasteiger partial charge on any atom is 0.308 e. The van der Waals surface area contributed by atoms with Crippen molar-refractivity contribution < 1.29 is 24.2 Å². The van der Waals surface area contributed by atoms with Crippen molar-refractivity contribution in [2.45, 2.75) is 33.1 Å². The maximum atomic E-state index is 12.6. The predicted molar refractivity (Wildman–Crippen MR) is 78.0 cm³/mol.